The van der Waals surface area contributed by atoms with E-state index in [1.807, 2.05) is 10.1 Å². The maximum absolute atomic E-state index is 10.2. The highest BCUT2D eigenvalue weighted by Crippen LogP contribution is 2.04. The Morgan fingerprint density at radius 3 is 2.82 bits per heavy atom. The molecule has 0 aliphatic rings. The second kappa shape index (κ2) is 3.31. The van der Waals surface area contributed by atoms with Gasteiger partial charge in [0.1, 0.15) is 0 Å². The van der Waals surface area contributed by atoms with E-state index in [0.717, 1.165) is 5.56 Å². The van der Waals surface area contributed by atoms with Gasteiger partial charge >= 0.3 is 10.3 Å². The van der Waals surface area contributed by atoms with Crippen molar-refractivity contribution in [1.29, 1.82) is 0 Å². The zero-order valence-corrected chi connectivity index (χ0v) is 7.15. The van der Waals surface area contributed by atoms with Crippen molar-refractivity contribution in [2.24, 2.45) is 0 Å². The van der Waals surface area contributed by atoms with Crippen molar-refractivity contribution in [3.8, 4) is 0 Å². The summed E-state index contributed by atoms with van der Waals surface area (Å²) in [4.78, 5) is 0. The number of thiophene rings is 1. The summed E-state index contributed by atoms with van der Waals surface area (Å²) in [5.74, 6) is 0. The molecule has 0 aliphatic heterocycles. The van der Waals surface area contributed by atoms with Crippen LogP contribution in [0.1, 0.15) is 5.56 Å². The van der Waals surface area contributed by atoms with Crippen LogP contribution in [0.5, 0.6) is 0 Å². The molecule has 6 heteroatoms. The van der Waals surface area contributed by atoms with E-state index in [1.54, 1.807) is 11.4 Å². The van der Waals surface area contributed by atoms with Crippen LogP contribution >= 0.6 is 11.3 Å². The Balaban J connectivity index is 2.48. The fourth-order valence-electron chi connectivity index (χ4n) is 0.568. The van der Waals surface area contributed by atoms with Crippen LogP contribution in [0.4, 0.5) is 0 Å². The van der Waals surface area contributed by atoms with Gasteiger partial charge in [0.2, 0.25) is 0 Å². The van der Waals surface area contributed by atoms with E-state index in [1.165, 1.54) is 11.3 Å². The van der Waals surface area contributed by atoms with Crippen molar-refractivity contribution in [3.63, 3.8) is 0 Å². The minimum Gasteiger partial charge on any atom is -0.273 e. The summed E-state index contributed by atoms with van der Waals surface area (Å²) in [5, 5.41) is 3.64. The molecule has 1 heterocycles. The van der Waals surface area contributed by atoms with Gasteiger partial charge in [-0.25, -0.2) is 0 Å². The van der Waals surface area contributed by atoms with Crippen LogP contribution in [0.25, 0.3) is 0 Å². The Bertz CT molecular complexity index is 302. The van der Waals surface area contributed by atoms with Crippen molar-refractivity contribution >= 4 is 21.6 Å². The smallest absolute Gasteiger partial charge is 0.273 e. The van der Waals surface area contributed by atoms with Gasteiger partial charge in [-0.05, 0) is 22.4 Å². The molecule has 0 fully saturated rings. The molecule has 1 aromatic heterocycles. The molecular formula is C5H7NO3S2. The Morgan fingerprint density at radius 1 is 1.64 bits per heavy atom. The molecule has 0 spiro atoms. The third-order valence-corrected chi connectivity index (χ3v) is 2.28. The number of hydrogen-bond acceptors (Lipinski definition) is 3. The lowest BCUT2D eigenvalue weighted by Gasteiger charge is -1.96. The second-order valence-corrected chi connectivity index (χ2v) is 3.95. The molecule has 2 N–H and O–H groups in total. The fourth-order valence-corrected chi connectivity index (χ4v) is 1.59. The van der Waals surface area contributed by atoms with Crippen LogP contribution in [0.15, 0.2) is 16.8 Å². The van der Waals surface area contributed by atoms with E-state index in [9.17, 15) is 8.42 Å². The maximum Gasteiger partial charge on any atom is 0.333 e. The first kappa shape index (κ1) is 8.66. The summed E-state index contributed by atoms with van der Waals surface area (Å²) in [6, 6.07) is 1.78. The number of nitrogens with one attached hydrogen (secondary N) is 1. The standard InChI is InChI=1S/C5H7NO3S2/c7-11(8,9)6-3-5-1-2-10-4-5/h1-2,4,6H,3H2,(H,7,8,9). The topological polar surface area (TPSA) is 66.4 Å². The molecule has 1 rings (SSSR count). The van der Waals surface area contributed by atoms with Gasteiger partial charge in [0, 0.05) is 6.54 Å². The minimum atomic E-state index is -4.05. The molecule has 0 aromatic carbocycles. The van der Waals surface area contributed by atoms with Crippen molar-refractivity contribution in [3.05, 3.63) is 22.4 Å². The summed E-state index contributed by atoms with van der Waals surface area (Å²) >= 11 is 1.47. The molecule has 4 nitrogen and oxygen atoms in total. The first-order chi connectivity index (χ1) is 5.08. The zero-order chi connectivity index (χ0) is 8.32. The van der Waals surface area contributed by atoms with Gasteiger partial charge in [-0.1, -0.05) is 0 Å². The first-order valence-corrected chi connectivity index (χ1v) is 5.19. The quantitative estimate of drug-likeness (QED) is 0.692. The molecule has 62 valence electrons. The lowest BCUT2D eigenvalue weighted by Crippen LogP contribution is -2.21. The third-order valence-electron chi connectivity index (χ3n) is 1.04. The van der Waals surface area contributed by atoms with Crippen LogP contribution in [0.2, 0.25) is 0 Å². The molecule has 0 amide bonds. The Kier molecular flexibility index (Phi) is 2.61. The number of hydrogen-bond donors (Lipinski definition) is 2. The van der Waals surface area contributed by atoms with Crippen molar-refractivity contribution < 1.29 is 13.0 Å². The van der Waals surface area contributed by atoms with Gasteiger partial charge in [-0.3, -0.25) is 4.55 Å². The van der Waals surface area contributed by atoms with E-state index < -0.39 is 10.3 Å². The summed E-state index contributed by atoms with van der Waals surface area (Å²) in [5.41, 5.74) is 0.840. The monoisotopic (exact) mass is 193 g/mol. The lowest BCUT2D eigenvalue weighted by atomic mass is 10.4. The van der Waals surface area contributed by atoms with Crippen LogP contribution < -0.4 is 4.72 Å². The van der Waals surface area contributed by atoms with Gasteiger partial charge in [-0.2, -0.15) is 24.5 Å². The first-order valence-electron chi connectivity index (χ1n) is 2.81. The van der Waals surface area contributed by atoms with Gasteiger partial charge in [0.25, 0.3) is 0 Å². The van der Waals surface area contributed by atoms with E-state index in [4.69, 9.17) is 4.55 Å². The molecule has 11 heavy (non-hydrogen) atoms. The third kappa shape index (κ3) is 3.47. The fraction of sp³-hybridized carbons (Fsp3) is 0.200. The molecule has 0 radical (unpaired) electrons. The molecule has 0 saturated carbocycles. The molecular weight excluding hydrogens is 186 g/mol. The molecule has 0 unspecified atom stereocenters. The maximum atomic E-state index is 10.2. The second-order valence-electron chi connectivity index (χ2n) is 1.93. The summed E-state index contributed by atoms with van der Waals surface area (Å²) in [6.07, 6.45) is 0. The molecule has 0 saturated heterocycles. The molecule has 0 bridgehead atoms. The molecule has 1 aromatic rings. The highest BCUT2D eigenvalue weighted by atomic mass is 32.2. The normalized spacial score (nSPS) is 11.7. The van der Waals surface area contributed by atoms with Gasteiger partial charge < -0.3 is 0 Å². The van der Waals surface area contributed by atoms with Crippen LogP contribution in [-0.2, 0) is 16.8 Å². The van der Waals surface area contributed by atoms with Gasteiger partial charge in [0.05, 0.1) is 0 Å². The number of rotatable bonds is 3. The Labute approximate surface area is 68.8 Å². The highest BCUT2D eigenvalue weighted by Gasteiger charge is 2.01. The zero-order valence-electron chi connectivity index (χ0n) is 5.52. The van der Waals surface area contributed by atoms with Gasteiger partial charge in [-0.15, -0.1) is 0 Å². The Morgan fingerprint density at radius 2 is 2.36 bits per heavy atom. The lowest BCUT2D eigenvalue weighted by molar-refractivity contribution is 0.467. The van der Waals surface area contributed by atoms with Crippen molar-refractivity contribution in [1.82, 2.24) is 4.72 Å². The largest absolute Gasteiger partial charge is 0.333 e. The predicted molar refractivity (Wildman–Crippen MR) is 42.7 cm³/mol. The van der Waals surface area contributed by atoms with Crippen LogP contribution in [0.3, 0.4) is 0 Å². The van der Waals surface area contributed by atoms with E-state index in [0.29, 0.717) is 0 Å². The van der Waals surface area contributed by atoms with E-state index in [-0.39, 0.29) is 6.54 Å². The average Bonchev–Trinajstić information content (AvgIpc) is 2.32. The SMILES string of the molecule is O=S(=O)(O)NCc1ccsc1. The highest BCUT2D eigenvalue weighted by molar-refractivity contribution is 7.83. The van der Waals surface area contributed by atoms with E-state index >= 15 is 0 Å². The predicted octanol–water partition coefficient (Wildman–Crippen LogP) is 0.641. The van der Waals surface area contributed by atoms with Crippen molar-refractivity contribution in [2.45, 2.75) is 6.54 Å². The minimum absolute atomic E-state index is 0.141. The van der Waals surface area contributed by atoms with Crippen LogP contribution in [-0.4, -0.2) is 13.0 Å². The summed E-state index contributed by atoms with van der Waals surface area (Å²) in [6.45, 7) is 0.141. The Hall–Kier alpha value is -0.430. The van der Waals surface area contributed by atoms with Crippen molar-refractivity contribution in [2.75, 3.05) is 0 Å². The van der Waals surface area contributed by atoms with Gasteiger partial charge in [0.15, 0.2) is 0 Å². The molecule has 0 atom stereocenters. The van der Waals surface area contributed by atoms with Crippen LogP contribution in [0, 0.1) is 0 Å². The summed E-state index contributed by atoms with van der Waals surface area (Å²) < 4.78 is 30.6. The molecule has 0 aliphatic carbocycles. The summed E-state index contributed by atoms with van der Waals surface area (Å²) in [7, 11) is -4.05. The average molecular weight is 193 g/mol. The van der Waals surface area contributed by atoms with E-state index in [2.05, 4.69) is 0 Å².